The largest absolute Gasteiger partial charge is 0.481 e. The zero-order valence-corrected chi connectivity index (χ0v) is 8.73. The summed E-state index contributed by atoms with van der Waals surface area (Å²) >= 11 is 0. The molecule has 15 heavy (non-hydrogen) atoms. The van der Waals surface area contributed by atoms with E-state index in [0.717, 1.165) is 16.7 Å². The molecule has 2 atom stereocenters. The quantitative estimate of drug-likeness (QED) is 0.732. The Kier molecular flexibility index (Phi) is 2.49. The molecule has 3 heteroatoms. The minimum absolute atomic E-state index is 0.130. The lowest BCUT2D eigenvalue weighted by molar-refractivity contribution is -0.142. The van der Waals surface area contributed by atoms with Gasteiger partial charge < -0.3 is 10.8 Å². The van der Waals surface area contributed by atoms with Crippen molar-refractivity contribution in [2.24, 2.45) is 11.7 Å². The van der Waals surface area contributed by atoms with Crippen molar-refractivity contribution in [1.82, 2.24) is 0 Å². The topological polar surface area (TPSA) is 63.3 Å². The third kappa shape index (κ3) is 1.75. The Balaban J connectivity index is 2.41. The first-order valence-corrected chi connectivity index (χ1v) is 5.16. The number of nitrogens with two attached hydrogens (primary N) is 1. The van der Waals surface area contributed by atoms with Gasteiger partial charge in [0.1, 0.15) is 0 Å². The number of hydrogen-bond donors (Lipinski definition) is 2. The van der Waals surface area contributed by atoms with E-state index >= 15 is 0 Å². The lowest BCUT2D eigenvalue weighted by Gasteiger charge is -2.28. The smallest absolute Gasteiger partial charge is 0.306 e. The minimum atomic E-state index is -0.737. The summed E-state index contributed by atoms with van der Waals surface area (Å²) in [7, 11) is 0. The van der Waals surface area contributed by atoms with Crippen LogP contribution >= 0.6 is 0 Å². The molecule has 0 fully saturated rings. The molecule has 1 aliphatic rings. The lowest BCUT2D eigenvalue weighted by Crippen LogP contribution is -2.29. The van der Waals surface area contributed by atoms with Gasteiger partial charge in [-0.1, -0.05) is 18.2 Å². The van der Waals surface area contributed by atoms with E-state index in [-0.39, 0.29) is 12.0 Å². The first-order valence-electron chi connectivity index (χ1n) is 5.16. The monoisotopic (exact) mass is 205 g/mol. The van der Waals surface area contributed by atoms with Gasteiger partial charge in [-0.05, 0) is 36.5 Å². The molecule has 0 aromatic heterocycles. The highest BCUT2D eigenvalue weighted by Crippen LogP contribution is 2.33. The van der Waals surface area contributed by atoms with E-state index in [1.54, 1.807) is 0 Å². The number of carboxylic acid groups (broad SMARTS) is 1. The van der Waals surface area contributed by atoms with Crippen LogP contribution in [0.1, 0.15) is 29.2 Å². The molecular formula is C12H15NO2. The Bertz CT molecular complexity index is 401. The molecule has 0 radical (unpaired) electrons. The zero-order valence-electron chi connectivity index (χ0n) is 8.73. The molecule has 1 aromatic rings. The van der Waals surface area contributed by atoms with Crippen molar-refractivity contribution in [3.63, 3.8) is 0 Å². The highest BCUT2D eigenvalue weighted by molar-refractivity contribution is 5.71. The second kappa shape index (κ2) is 3.66. The summed E-state index contributed by atoms with van der Waals surface area (Å²) in [4.78, 5) is 11.0. The van der Waals surface area contributed by atoms with Crippen LogP contribution in [-0.4, -0.2) is 11.1 Å². The van der Waals surface area contributed by atoms with Crippen LogP contribution in [0.25, 0.3) is 0 Å². The van der Waals surface area contributed by atoms with Gasteiger partial charge in [-0.3, -0.25) is 4.79 Å². The minimum Gasteiger partial charge on any atom is -0.481 e. The van der Waals surface area contributed by atoms with Crippen molar-refractivity contribution < 1.29 is 9.90 Å². The maximum absolute atomic E-state index is 11.0. The number of carboxylic acids is 1. The Hall–Kier alpha value is -1.35. The van der Waals surface area contributed by atoms with Crippen LogP contribution < -0.4 is 5.73 Å². The standard InChI is InChI=1S/C12H15NO2/c1-7-3-2-4-9-10(7)5-8(12(14)15)6-11(9)13/h2-4,8,11H,5-6,13H2,1H3,(H,14,15). The first-order chi connectivity index (χ1) is 7.09. The Labute approximate surface area is 88.9 Å². The van der Waals surface area contributed by atoms with Crippen LogP contribution in [0.15, 0.2) is 18.2 Å². The fourth-order valence-electron chi connectivity index (χ4n) is 2.30. The maximum Gasteiger partial charge on any atom is 0.306 e. The summed E-state index contributed by atoms with van der Waals surface area (Å²) < 4.78 is 0. The zero-order chi connectivity index (χ0) is 11.0. The van der Waals surface area contributed by atoms with E-state index in [1.165, 1.54) is 0 Å². The van der Waals surface area contributed by atoms with Crippen molar-refractivity contribution >= 4 is 5.97 Å². The summed E-state index contributed by atoms with van der Waals surface area (Å²) in [5, 5.41) is 9.02. The van der Waals surface area contributed by atoms with Gasteiger partial charge in [0, 0.05) is 6.04 Å². The second-order valence-corrected chi connectivity index (χ2v) is 4.22. The molecular weight excluding hydrogens is 190 g/mol. The summed E-state index contributed by atoms with van der Waals surface area (Å²) in [5.74, 6) is -1.06. The predicted molar refractivity (Wildman–Crippen MR) is 57.6 cm³/mol. The molecule has 0 saturated heterocycles. The van der Waals surface area contributed by atoms with Crippen molar-refractivity contribution in [2.45, 2.75) is 25.8 Å². The van der Waals surface area contributed by atoms with E-state index in [1.807, 2.05) is 25.1 Å². The SMILES string of the molecule is Cc1cccc2c1CC(C(=O)O)CC2N. The van der Waals surface area contributed by atoms with E-state index in [9.17, 15) is 4.79 Å². The third-order valence-electron chi connectivity index (χ3n) is 3.18. The van der Waals surface area contributed by atoms with E-state index in [2.05, 4.69) is 0 Å². The molecule has 2 unspecified atom stereocenters. The number of aliphatic carboxylic acids is 1. The van der Waals surface area contributed by atoms with Gasteiger partial charge in [0.05, 0.1) is 5.92 Å². The summed E-state index contributed by atoms with van der Waals surface area (Å²) in [5.41, 5.74) is 9.37. The molecule has 80 valence electrons. The van der Waals surface area contributed by atoms with Gasteiger partial charge in [0.2, 0.25) is 0 Å². The molecule has 1 aliphatic carbocycles. The number of hydrogen-bond acceptors (Lipinski definition) is 2. The Morgan fingerprint density at radius 2 is 2.27 bits per heavy atom. The highest BCUT2D eigenvalue weighted by atomic mass is 16.4. The third-order valence-corrected chi connectivity index (χ3v) is 3.18. The van der Waals surface area contributed by atoms with E-state index < -0.39 is 5.97 Å². The molecule has 0 spiro atoms. The van der Waals surface area contributed by atoms with E-state index in [0.29, 0.717) is 12.8 Å². The van der Waals surface area contributed by atoms with Gasteiger partial charge in [-0.2, -0.15) is 0 Å². The second-order valence-electron chi connectivity index (χ2n) is 4.22. The Morgan fingerprint density at radius 3 is 2.93 bits per heavy atom. The van der Waals surface area contributed by atoms with Crippen LogP contribution in [0.2, 0.25) is 0 Å². The molecule has 0 amide bonds. The predicted octanol–water partition coefficient (Wildman–Crippen LogP) is 1.64. The van der Waals surface area contributed by atoms with Crippen molar-refractivity contribution in [1.29, 1.82) is 0 Å². The number of aryl methyl sites for hydroxylation is 1. The van der Waals surface area contributed by atoms with Crippen molar-refractivity contribution in [3.05, 3.63) is 34.9 Å². The average Bonchev–Trinajstić information content (AvgIpc) is 2.19. The van der Waals surface area contributed by atoms with Gasteiger partial charge in [0.25, 0.3) is 0 Å². The lowest BCUT2D eigenvalue weighted by atomic mass is 9.79. The Morgan fingerprint density at radius 1 is 1.53 bits per heavy atom. The fourth-order valence-corrected chi connectivity index (χ4v) is 2.30. The van der Waals surface area contributed by atoms with Crippen LogP contribution in [0.4, 0.5) is 0 Å². The number of fused-ring (bicyclic) bond motifs is 1. The summed E-state index contributed by atoms with van der Waals surface area (Å²) in [6.45, 7) is 2.01. The van der Waals surface area contributed by atoms with Crippen LogP contribution in [-0.2, 0) is 11.2 Å². The maximum atomic E-state index is 11.0. The number of benzene rings is 1. The summed E-state index contributed by atoms with van der Waals surface area (Å²) in [6, 6.07) is 5.87. The number of rotatable bonds is 1. The average molecular weight is 205 g/mol. The summed E-state index contributed by atoms with van der Waals surface area (Å²) in [6.07, 6.45) is 1.16. The number of carbonyl (C=O) groups is 1. The molecule has 3 N–H and O–H groups in total. The van der Waals surface area contributed by atoms with Crippen LogP contribution in [0, 0.1) is 12.8 Å². The highest BCUT2D eigenvalue weighted by Gasteiger charge is 2.29. The van der Waals surface area contributed by atoms with Crippen molar-refractivity contribution in [2.75, 3.05) is 0 Å². The van der Waals surface area contributed by atoms with Gasteiger partial charge in [-0.15, -0.1) is 0 Å². The molecule has 0 heterocycles. The van der Waals surface area contributed by atoms with Crippen LogP contribution in [0.5, 0.6) is 0 Å². The molecule has 0 saturated carbocycles. The van der Waals surface area contributed by atoms with Gasteiger partial charge in [0.15, 0.2) is 0 Å². The van der Waals surface area contributed by atoms with Crippen molar-refractivity contribution in [3.8, 4) is 0 Å². The van der Waals surface area contributed by atoms with Gasteiger partial charge >= 0.3 is 5.97 Å². The molecule has 0 aliphatic heterocycles. The van der Waals surface area contributed by atoms with Crippen LogP contribution in [0.3, 0.4) is 0 Å². The van der Waals surface area contributed by atoms with Gasteiger partial charge in [-0.25, -0.2) is 0 Å². The molecule has 0 bridgehead atoms. The molecule has 1 aromatic carbocycles. The van der Waals surface area contributed by atoms with E-state index in [4.69, 9.17) is 10.8 Å². The molecule has 2 rings (SSSR count). The fraction of sp³-hybridized carbons (Fsp3) is 0.417. The normalized spacial score (nSPS) is 24.7. The first kappa shape index (κ1) is 10.2. The molecule has 3 nitrogen and oxygen atoms in total.